The molecule has 0 atom stereocenters. The Hall–Kier alpha value is -0.620. The summed E-state index contributed by atoms with van der Waals surface area (Å²) in [5, 5.41) is 0.382. The van der Waals surface area contributed by atoms with Crippen LogP contribution in [0.15, 0.2) is 10.1 Å². The smallest absolute Gasteiger partial charge is 0.396 e. The maximum absolute atomic E-state index is 10.2. The van der Waals surface area contributed by atoms with Crippen molar-refractivity contribution < 1.29 is 9.53 Å². The van der Waals surface area contributed by atoms with Gasteiger partial charge in [-0.2, -0.15) is 0 Å². The van der Waals surface area contributed by atoms with Crippen LogP contribution in [0.25, 0.3) is 0 Å². The highest BCUT2D eigenvalue weighted by molar-refractivity contribution is 9.10. The van der Waals surface area contributed by atoms with Gasteiger partial charge in [0.15, 0.2) is 4.60 Å². The van der Waals surface area contributed by atoms with Crippen LogP contribution in [-0.4, -0.2) is 11.1 Å². The van der Waals surface area contributed by atoms with Gasteiger partial charge in [0.25, 0.3) is 0 Å². The molecule has 0 aliphatic heterocycles. The first-order valence-electron chi connectivity index (χ1n) is 2.26. The van der Waals surface area contributed by atoms with Crippen molar-refractivity contribution in [2.24, 2.45) is 5.73 Å². The predicted molar refractivity (Wildman–Crippen MR) is 40.0 cm³/mol. The van der Waals surface area contributed by atoms with Gasteiger partial charge < -0.3 is 10.5 Å². The molecule has 0 unspecified atom stereocenters. The van der Waals surface area contributed by atoms with Crippen molar-refractivity contribution in [3.8, 4) is 5.06 Å². The van der Waals surface area contributed by atoms with Gasteiger partial charge in [-0.15, -0.1) is 0 Å². The summed E-state index contributed by atoms with van der Waals surface area (Å²) in [6, 6.07) is 0. The summed E-state index contributed by atoms with van der Waals surface area (Å²) in [5.41, 5.74) is 6.29. The van der Waals surface area contributed by atoms with E-state index in [1.165, 1.54) is 11.3 Å². The molecule has 0 aliphatic carbocycles. The average molecular weight is 223 g/mol. The van der Waals surface area contributed by atoms with E-state index in [1.807, 2.05) is 0 Å². The minimum absolute atomic E-state index is 0.382. The first kappa shape index (κ1) is 7.49. The second kappa shape index (κ2) is 2.98. The number of primary amides is 1. The molecule has 0 aliphatic rings. The number of carbonyl (C=O) groups excluding carboxylic acids is 1. The van der Waals surface area contributed by atoms with Gasteiger partial charge in [0, 0.05) is 0 Å². The molecule has 1 heterocycles. The number of halogens is 1. The first-order valence-corrected chi connectivity index (χ1v) is 3.93. The summed E-state index contributed by atoms with van der Waals surface area (Å²) in [6.07, 6.45) is -0.829. The number of rotatable bonds is 1. The van der Waals surface area contributed by atoms with E-state index in [2.05, 4.69) is 25.7 Å². The minimum Gasteiger partial charge on any atom is -0.396 e. The number of hydrogen-bond acceptors (Lipinski definition) is 4. The van der Waals surface area contributed by atoms with Gasteiger partial charge >= 0.3 is 6.09 Å². The van der Waals surface area contributed by atoms with Crippen LogP contribution in [0.3, 0.4) is 0 Å². The molecule has 6 heteroatoms. The predicted octanol–water partition coefficient (Wildman–Crippen LogP) is 1.36. The zero-order valence-corrected chi connectivity index (χ0v) is 7.11. The standard InChI is InChI=1S/C4H3BrN2O2S/c5-2-3(9-4(6)8)10-1-7-2/h1H,(H2,6,8). The number of hydrogen-bond donors (Lipinski definition) is 1. The summed E-state index contributed by atoms with van der Waals surface area (Å²) in [5.74, 6) is 0. The Morgan fingerprint density at radius 1 is 1.90 bits per heavy atom. The van der Waals surface area contributed by atoms with Gasteiger partial charge in [-0.3, -0.25) is 0 Å². The van der Waals surface area contributed by atoms with E-state index in [0.29, 0.717) is 9.67 Å². The lowest BCUT2D eigenvalue weighted by atomic mass is 10.9. The number of nitrogens with zero attached hydrogens (tertiary/aromatic N) is 1. The summed E-state index contributed by atoms with van der Waals surface area (Å²) >= 11 is 4.26. The molecule has 4 nitrogen and oxygen atoms in total. The van der Waals surface area contributed by atoms with Crippen molar-refractivity contribution in [1.29, 1.82) is 0 Å². The Morgan fingerprint density at radius 2 is 2.60 bits per heavy atom. The van der Waals surface area contributed by atoms with Gasteiger partial charge in [-0.1, -0.05) is 11.3 Å². The van der Waals surface area contributed by atoms with Crippen molar-refractivity contribution in [3.05, 3.63) is 10.1 Å². The van der Waals surface area contributed by atoms with Crippen LogP contribution in [-0.2, 0) is 0 Å². The highest BCUT2D eigenvalue weighted by Gasteiger charge is 2.05. The highest BCUT2D eigenvalue weighted by Crippen LogP contribution is 2.27. The Kier molecular flexibility index (Phi) is 2.23. The second-order valence-corrected chi connectivity index (χ2v) is 2.92. The lowest BCUT2D eigenvalue weighted by Gasteiger charge is -1.93. The first-order chi connectivity index (χ1) is 4.70. The van der Waals surface area contributed by atoms with E-state index in [4.69, 9.17) is 5.73 Å². The number of nitrogens with two attached hydrogens (primary N) is 1. The Bertz CT molecular complexity index is 249. The molecule has 2 N–H and O–H groups in total. The topological polar surface area (TPSA) is 65.2 Å². The maximum atomic E-state index is 10.2. The number of aromatic nitrogens is 1. The van der Waals surface area contributed by atoms with Gasteiger partial charge in [-0.25, -0.2) is 9.78 Å². The van der Waals surface area contributed by atoms with Crippen molar-refractivity contribution in [2.45, 2.75) is 0 Å². The van der Waals surface area contributed by atoms with E-state index in [9.17, 15) is 4.79 Å². The number of thiazole rings is 1. The molecular formula is C4H3BrN2O2S. The molecule has 0 saturated carbocycles. The molecule has 54 valence electrons. The molecule has 0 saturated heterocycles. The van der Waals surface area contributed by atoms with Crippen molar-refractivity contribution in [2.75, 3.05) is 0 Å². The van der Waals surface area contributed by atoms with Crippen LogP contribution >= 0.6 is 27.3 Å². The number of carbonyl (C=O) groups is 1. The van der Waals surface area contributed by atoms with E-state index >= 15 is 0 Å². The molecule has 0 aromatic carbocycles. The van der Waals surface area contributed by atoms with E-state index in [0.717, 1.165) is 0 Å². The van der Waals surface area contributed by atoms with Crippen LogP contribution < -0.4 is 10.5 Å². The molecule has 1 aromatic heterocycles. The molecule has 0 fully saturated rings. The van der Waals surface area contributed by atoms with Crippen LogP contribution in [0.4, 0.5) is 4.79 Å². The van der Waals surface area contributed by atoms with E-state index in [-0.39, 0.29) is 0 Å². The monoisotopic (exact) mass is 222 g/mol. The molecule has 0 bridgehead atoms. The van der Waals surface area contributed by atoms with Gasteiger partial charge in [0.2, 0.25) is 5.06 Å². The van der Waals surface area contributed by atoms with Gasteiger partial charge in [0.05, 0.1) is 5.51 Å². The molecule has 0 radical (unpaired) electrons. The molecular weight excluding hydrogens is 220 g/mol. The van der Waals surface area contributed by atoms with Crippen LogP contribution in [0.2, 0.25) is 0 Å². The molecule has 1 aromatic rings. The maximum Gasteiger partial charge on any atom is 0.410 e. The second-order valence-electron chi connectivity index (χ2n) is 1.35. The summed E-state index contributed by atoms with van der Waals surface area (Å²) < 4.78 is 5.03. The lowest BCUT2D eigenvalue weighted by Crippen LogP contribution is -2.15. The fourth-order valence-corrected chi connectivity index (χ4v) is 1.51. The van der Waals surface area contributed by atoms with Crippen LogP contribution in [0, 0.1) is 0 Å². The minimum atomic E-state index is -0.829. The van der Waals surface area contributed by atoms with E-state index in [1.54, 1.807) is 5.51 Å². The average Bonchev–Trinajstić information content (AvgIpc) is 2.15. The molecule has 1 amide bonds. The Labute approximate surface area is 69.1 Å². The SMILES string of the molecule is NC(=O)Oc1scnc1Br. The third-order valence-electron chi connectivity index (χ3n) is 0.688. The fourth-order valence-electron chi connectivity index (χ4n) is 0.379. The van der Waals surface area contributed by atoms with Crippen molar-refractivity contribution in [3.63, 3.8) is 0 Å². The molecule has 1 rings (SSSR count). The lowest BCUT2D eigenvalue weighted by molar-refractivity contribution is 0.212. The number of amides is 1. The van der Waals surface area contributed by atoms with Crippen molar-refractivity contribution in [1.82, 2.24) is 4.98 Å². The van der Waals surface area contributed by atoms with Gasteiger partial charge in [0.1, 0.15) is 0 Å². The zero-order valence-electron chi connectivity index (χ0n) is 4.70. The normalized spacial score (nSPS) is 9.30. The fraction of sp³-hybridized carbons (Fsp3) is 0. The van der Waals surface area contributed by atoms with Gasteiger partial charge in [-0.05, 0) is 15.9 Å². The summed E-state index contributed by atoms with van der Waals surface area (Å²) in [6.45, 7) is 0. The molecule has 0 spiro atoms. The van der Waals surface area contributed by atoms with Crippen LogP contribution in [0.5, 0.6) is 5.06 Å². The number of ether oxygens (including phenoxy) is 1. The largest absolute Gasteiger partial charge is 0.410 e. The Morgan fingerprint density at radius 3 is 3.00 bits per heavy atom. The van der Waals surface area contributed by atoms with Crippen LogP contribution in [0.1, 0.15) is 0 Å². The molecule has 10 heavy (non-hydrogen) atoms. The highest BCUT2D eigenvalue weighted by atomic mass is 79.9. The summed E-state index contributed by atoms with van der Waals surface area (Å²) in [7, 11) is 0. The quantitative estimate of drug-likeness (QED) is 0.781. The third kappa shape index (κ3) is 1.68. The van der Waals surface area contributed by atoms with Crippen molar-refractivity contribution >= 4 is 33.4 Å². The van der Waals surface area contributed by atoms with E-state index < -0.39 is 6.09 Å². The third-order valence-corrected chi connectivity index (χ3v) is 2.22. The zero-order chi connectivity index (χ0) is 7.56. The Balaban J connectivity index is 2.74. The summed E-state index contributed by atoms with van der Waals surface area (Å²) in [4.78, 5) is 13.9.